The number of phenols is 1. The molecule has 0 saturated carbocycles. The van der Waals surface area contributed by atoms with E-state index in [9.17, 15) is 33.0 Å². The number of aromatic hydroxyl groups is 1. The fourth-order valence-electron chi connectivity index (χ4n) is 6.64. The first kappa shape index (κ1) is 40.4. The molecule has 0 radical (unpaired) electrons. The van der Waals surface area contributed by atoms with E-state index in [1.54, 1.807) is 49.4 Å². The molecule has 14 nitrogen and oxygen atoms in total. The third-order valence-corrected chi connectivity index (χ3v) is 11.4. The summed E-state index contributed by atoms with van der Waals surface area (Å²) in [5.41, 5.74) is 8.44. The molecule has 6 rings (SSSR count). The molecule has 2 heterocycles. The van der Waals surface area contributed by atoms with E-state index in [0.717, 1.165) is 19.3 Å². The molecule has 0 spiro atoms. The minimum absolute atomic E-state index is 0.0439. The number of aromatic amines is 1. The standard InChI is InChI=1S/C42H44N6O8S/c1-25-19-30(22-33-38(25)46-23-34(41(43)52)39(33)47-27-10-8-11-28(21-27)56-2)57(54,55)29-12-7-9-26(20-29)42(53)45-18-6-4-3-5-17-44-24-36(50)31-13-15-35(49)40-32(31)14-16-37(51)48-40/h7-16,19-23,36,44,49-50H,3-6,17-18,24H2,1-2H3,(H2,43,52)(H,45,53)(H,46,47)(H,48,51). The molecule has 0 fully saturated rings. The minimum Gasteiger partial charge on any atom is -0.506 e. The fourth-order valence-corrected chi connectivity index (χ4v) is 8.06. The number of aryl methyl sites for hydroxylation is 1. The maximum Gasteiger partial charge on any atom is 0.252 e. The van der Waals surface area contributed by atoms with E-state index in [0.29, 0.717) is 70.6 Å². The number of carbonyl (C=O) groups excluding carboxylic acids is 2. The molecule has 2 amide bonds. The highest BCUT2D eigenvalue weighted by Gasteiger charge is 2.23. The van der Waals surface area contributed by atoms with Crippen molar-refractivity contribution in [3.8, 4) is 11.5 Å². The number of aromatic nitrogens is 2. The van der Waals surface area contributed by atoms with Gasteiger partial charge in [-0.3, -0.25) is 19.4 Å². The molecular formula is C42H44N6O8S. The lowest BCUT2D eigenvalue weighted by molar-refractivity contribution is 0.0951. The molecule has 0 aliphatic rings. The number of anilines is 2. The second kappa shape index (κ2) is 17.7. The lowest BCUT2D eigenvalue weighted by atomic mass is 10.0. The Kier molecular flexibility index (Phi) is 12.5. The largest absolute Gasteiger partial charge is 0.506 e. The summed E-state index contributed by atoms with van der Waals surface area (Å²) in [5.74, 6) is -0.634. The number of aliphatic hydroxyl groups excluding tert-OH is 1. The Hall–Kier alpha value is -6.29. The van der Waals surface area contributed by atoms with Gasteiger partial charge in [-0.25, -0.2) is 8.42 Å². The Morgan fingerprint density at radius 3 is 2.46 bits per heavy atom. The van der Waals surface area contributed by atoms with Gasteiger partial charge in [-0.15, -0.1) is 0 Å². The topological polar surface area (TPSA) is 226 Å². The predicted octanol–water partition coefficient (Wildman–Crippen LogP) is 5.39. The molecule has 8 N–H and O–H groups in total. The van der Waals surface area contributed by atoms with Crippen LogP contribution < -0.4 is 32.0 Å². The number of nitrogens with zero attached hydrogens (tertiary/aromatic N) is 1. The van der Waals surface area contributed by atoms with Crippen LogP contribution in [0.3, 0.4) is 0 Å². The highest BCUT2D eigenvalue weighted by molar-refractivity contribution is 7.91. The number of nitrogens with one attached hydrogen (secondary N) is 4. The number of pyridine rings is 2. The summed E-state index contributed by atoms with van der Waals surface area (Å²) in [6, 6.07) is 21.9. The van der Waals surface area contributed by atoms with Crippen LogP contribution in [0, 0.1) is 6.92 Å². The molecular weight excluding hydrogens is 749 g/mol. The number of nitrogens with two attached hydrogens (primary N) is 1. The van der Waals surface area contributed by atoms with Gasteiger partial charge in [-0.2, -0.15) is 0 Å². The minimum atomic E-state index is -4.13. The van der Waals surface area contributed by atoms with Crippen LogP contribution in [0.5, 0.6) is 11.5 Å². The maximum atomic E-state index is 14.0. The van der Waals surface area contributed by atoms with Gasteiger partial charge in [0.2, 0.25) is 15.4 Å². The summed E-state index contributed by atoms with van der Waals surface area (Å²) in [5, 5.41) is 31.1. The number of H-pyrrole nitrogens is 1. The number of unbranched alkanes of at least 4 members (excludes halogenated alkanes) is 3. The van der Waals surface area contributed by atoms with Crippen molar-refractivity contribution in [3.05, 3.63) is 124 Å². The number of fused-ring (bicyclic) bond motifs is 2. The summed E-state index contributed by atoms with van der Waals surface area (Å²) < 4.78 is 33.4. The smallest absolute Gasteiger partial charge is 0.252 e. The van der Waals surface area contributed by atoms with Crippen LogP contribution in [0.25, 0.3) is 21.8 Å². The second-order valence-electron chi connectivity index (χ2n) is 13.6. The third kappa shape index (κ3) is 9.23. The monoisotopic (exact) mass is 792 g/mol. The summed E-state index contributed by atoms with van der Waals surface area (Å²) >= 11 is 0. The zero-order valence-electron chi connectivity index (χ0n) is 31.5. The number of carbonyl (C=O) groups is 2. The zero-order valence-corrected chi connectivity index (χ0v) is 32.3. The van der Waals surface area contributed by atoms with Gasteiger partial charge in [0.1, 0.15) is 11.5 Å². The average Bonchev–Trinajstić information content (AvgIpc) is 3.20. The van der Waals surface area contributed by atoms with Crippen LogP contribution in [-0.2, 0) is 9.84 Å². The van der Waals surface area contributed by atoms with Gasteiger partial charge in [-0.05, 0) is 92.0 Å². The number of hydrogen-bond acceptors (Lipinski definition) is 11. The number of primary amides is 1. The number of benzene rings is 4. The van der Waals surface area contributed by atoms with Crippen LogP contribution >= 0.6 is 0 Å². The van der Waals surface area contributed by atoms with Gasteiger partial charge in [-0.1, -0.05) is 31.0 Å². The number of ether oxygens (including phenoxy) is 1. The molecule has 0 aliphatic heterocycles. The Balaban J connectivity index is 1.04. The number of amides is 2. The quantitative estimate of drug-likeness (QED) is 0.0580. The van der Waals surface area contributed by atoms with Gasteiger partial charge in [0.15, 0.2) is 0 Å². The molecule has 0 saturated heterocycles. The summed E-state index contributed by atoms with van der Waals surface area (Å²) in [7, 11) is -2.60. The Bertz CT molecular complexity index is 2630. The summed E-state index contributed by atoms with van der Waals surface area (Å²) in [4.78, 5) is 44.1. The van der Waals surface area contributed by atoms with Crippen LogP contribution in [0.2, 0.25) is 0 Å². The summed E-state index contributed by atoms with van der Waals surface area (Å²) in [6.45, 7) is 3.09. The molecule has 1 atom stereocenters. The number of methoxy groups -OCH3 is 1. The predicted molar refractivity (Wildman–Crippen MR) is 218 cm³/mol. The third-order valence-electron chi connectivity index (χ3n) is 9.63. The van der Waals surface area contributed by atoms with Crippen LogP contribution in [0.1, 0.15) is 63.6 Å². The van der Waals surface area contributed by atoms with E-state index in [1.807, 2.05) is 0 Å². The van der Waals surface area contributed by atoms with Gasteiger partial charge < -0.3 is 41.6 Å². The molecule has 0 bridgehead atoms. The number of rotatable bonds is 17. The van der Waals surface area contributed by atoms with E-state index >= 15 is 0 Å². The lowest BCUT2D eigenvalue weighted by Gasteiger charge is -2.16. The number of sulfone groups is 1. The van der Waals surface area contributed by atoms with Crippen molar-refractivity contribution in [2.75, 3.05) is 32.1 Å². The van der Waals surface area contributed by atoms with Crippen molar-refractivity contribution in [1.82, 2.24) is 20.6 Å². The van der Waals surface area contributed by atoms with Crippen molar-refractivity contribution in [1.29, 1.82) is 0 Å². The van der Waals surface area contributed by atoms with E-state index in [-0.39, 0.29) is 37.7 Å². The van der Waals surface area contributed by atoms with Gasteiger partial charge in [0.05, 0.1) is 45.3 Å². The van der Waals surface area contributed by atoms with Gasteiger partial charge >= 0.3 is 0 Å². The van der Waals surface area contributed by atoms with Crippen LogP contribution in [0.4, 0.5) is 11.4 Å². The highest BCUT2D eigenvalue weighted by Crippen LogP contribution is 2.35. The molecule has 4 aromatic carbocycles. The Labute approximate surface area is 329 Å². The Morgan fingerprint density at radius 1 is 0.912 bits per heavy atom. The van der Waals surface area contributed by atoms with E-state index in [4.69, 9.17) is 10.5 Å². The normalized spacial score (nSPS) is 12.1. The first-order valence-electron chi connectivity index (χ1n) is 18.4. The van der Waals surface area contributed by atoms with Crippen molar-refractivity contribution in [2.24, 2.45) is 5.73 Å². The highest BCUT2D eigenvalue weighted by atomic mass is 32.2. The molecule has 1 unspecified atom stereocenters. The fraction of sp³-hybridized carbons (Fsp3) is 0.238. The van der Waals surface area contributed by atoms with Crippen molar-refractivity contribution >= 4 is 54.8 Å². The number of hydrogen-bond donors (Lipinski definition) is 7. The second-order valence-corrected chi connectivity index (χ2v) is 15.6. The molecule has 0 aliphatic carbocycles. The zero-order chi connectivity index (χ0) is 40.7. The average molecular weight is 793 g/mol. The van der Waals surface area contributed by atoms with Crippen molar-refractivity contribution in [3.63, 3.8) is 0 Å². The van der Waals surface area contributed by atoms with E-state index < -0.39 is 27.8 Å². The van der Waals surface area contributed by atoms with E-state index in [1.165, 1.54) is 55.8 Å². The maximum absolute atomic E-state index is 14.0. The molecule has 57 heavy (non-hydrogen) atoms. The van der Waals surface area contributed by atoms with Crippen LogP contribution in [0.15, 0.2) is 106 Å². The van der Waals surface area contributed by atoms with Gasteiger partial charge in [0, 0.05) is 53.4 Å². The molecule has 296 valence electrons. The first-order chi connectivity index (χ1) is 27.4. The number of aliphatic hydroxyl groups is 1. The summed E-state index contributed by atoms with van der Waals surface area (Å²) in [6.07, 6.45) is 3.81. The number of phenolic OH excluding ortho intramolecular Hbond substituents is 1. The Morgan fingerprint density at radius 2 is 1.68 bits per heavy atom. The molecule has 2 aromatic heterocycles. The SMILES string of the molecule is COc1cccc(Nc2c(C(N)=O)cnc3c(C)cc(S(=O)(=O)c4cccc(C(=O)NCCCCCCNCC(O)c5ccc(O)c6[nH]c(=O)ccc56)c4)cc23)c1. The van der Waals surface area contributed by atoms with Crippen molar-refractivity contribution in [2.45, 2.75) is 48.5 Å². The van der Waals surface area contributed by atoms with Crippen LogP contribution in [-0.4, -0.2) is 67.2 Å². The molecule has 15 heteroatoms. The van der Waals surface area contributed by atoms with Crippen molar-refractivity contribution < 1.29 is 33.0 Å². The molecule has 6 aromatic rings. The van der Waals surface area contributed by atoms with E-state index in [2.05, 4.69) is 25.9 Å². The first-order valence-corrected chi connectivity index (χ1v) is 19.9. The van der Waals surface area contributed by atoms with Gasteiger partial charge in [0.25, 0.3) is 11.8 Å². The lowest BCUT2D eigenvalue weighted by Crippen LogP contribution is -2.25.